The summed E-state index contributed by atoms with van der Waals surface area (Å²) in [5, 5.41) is 16.0. The van der Waals surface area contributed by atoms with Crippen molar-refractivity contribution in [3.05, 3.63) is 0 Å². The van der Waals surface area contributed by atoms with Crippen molar-refractivity contribution in [2.75, 3.05) is 6.54 Å². The lowest BCUT2D eigenvalue weighted by Gasteiger charge is -2.40. The van der Waals surface area contributed by atoms with Crippen LogP contribution < -0.4 is 10.6 Å². The van der Waals surface area contributed by atoms with Gasteiger partial charge >= 0.3 is 0 Å². The molecule has 0 heterocycles. The van der Waals surface area contributed by atoms with E-state index in [1.807, 2.05) is 20.8 Å². The van der Waals surface area contributed by atoms with Crippen LogP contribution in [0.2, 0.25) is 0 Å². The molecule has 0 aromatic rings. The van der Waals surface area contributed by atoms with Crippen LogP contribution >= 0.6 is 0 Å². The minimum Gasteiger partial charge on any atom is -0.389 e. The van der Waals surface area contributed by atoms with Gasteiger partial charge in [0.05, 0.1) is 11.6 Å². The topological polar surface area (TPSA) is 61.4 Å². The largest absolute Gasteiger partial charge is 0.389 e. The average molecular weight is 244 g/mol. The van der Waals surface area contributed by atoms with Crippen molar-refractivity contribution in [1.82, 2.24) is 10.6 Å². The zero-order valence-corrected chi connectivity index (χ0v) is 12.2. The van der Waals surface area contributed by atoms with Crippen LogP contribution in [0.25, 0.3) is 0 Å². The van der Waals surface area contributed by atoms with Crippen molar-refractivity contribution in [2.24, 2.45) is 5.92 Å². The summed E-state index contributed by atoms with van der Waals surface area (Å²) in [4.78, 5) is 11.8. The van der Waals surface area contributed by atoms with Crippen molar-refractivity contribution < 1.29 is 9.90 Å². The molecular weight excluding hydrogens is 216 g/mol. The highest BCUT2D eigenvalue weighted by molar-refractivity contribution is 5.81. The van der Waals surface area contributed by atoms with E-state index in [0.29, 0.717) is 12.5 Å². The molecule has 1 atom stereocenters. The molecule has 102 valence electrons. The Hall–Kier alpha value is -0.610. The van der Waals surface area contributed by atoms with E-state index < -0.39 is 11.1 Å². The quantitative estimate of drug-likeness (QED) is 0.660. The maximum absolute atomic E-state index is 11.8. The summed E-state index contributed by atoms with van der Waals surface area (Å²) in [6, 6.07) is -0.324. The minimum atomic E-state index is -0.889. The Morgan fingerprint density at radius 2 is 1.65 bits per heavy atom. The lowest BCUT2D eigenvalue weighted by Crippen LogP contribution is -2.61. The third-order valence-corrected chi connectivity index (χ3v) is 3.18. The van der Waals surface area contributed by atoms with E-state index in [0.717, 1.165) is 0 Å². The lowest BCUT2D eigenvalue weighted by atomic mass is 9.85. The molecular formula is C13H28N2O2. The molecule has 1 amide bonds. The number of hydrogen-bond donors (Lipinski definition) is 3. The number of amides is 1. The molecule has 4 heteroatoms. The van der Waals surface area contributed by atoms with Crippen molar-refractivity contribution in [3.63, 3.8) is 0 Å². The molecule has 0 saturated heterocycles. The smallest absolute Gasteiger partial charge is 0.236 e. The molecule has 0 saturated carbocycles. The first kappa shape index (κ1) is 16.4. The second-order valence-corrected chi connectivity index (χ2v) is 6.19. The Kier molecular flexibility index (Phi) is 5.62. The average Bonchev–Trinajstić information content (AvgIpc) is 2.11. The molecule has 0 rings (SSSR count). The van der Waals surface area contributed by atoms with Gasteiger partial charge < -0.3 is 10.4 Å². The molecule has 0 spiro atoms. The molecule has 0 aromatic carbocycles. The third-order valence-electron chi connectivity index (χ3n) is 3.18. The van der Waals surface area contributed by atoms with Gasteiger partial charge in [-0.2, -0.15) is 0 Å². The maximum atomic E-state index is 11.8. The Morgan fingerprint density at radius 1 is 1.18 bits per heavy atom. The van der Waals surface area contributed by atoms with Gasteiger partial charge in [0.2, 0.25) is 5.91 Å². The van der Waals surface area contributed by atoms with Crippen LogP contribution in [-0.4, -0.2) is 34.7 Å². The second kappa shape index (κ2) is 5.83. The van der Waals surface area contributed by atoms with Crippen LogP contribution in [-0.2, 0) is 4.79 Å². The van der Waals surface area contributed by atoms with Gasteiger partial charge in [-0.05, 0) is 40.5 Å². The number of carbonyl (C=O) groups is 1. The first-order valence-corrected chi connectivity index (χ1v) is 6.25. The highest BCUT2D eigenvalue weighted by Crippen LogP contribution is 2.21. The van der Waals surface area contributed by atoms with Crippen LogP contribution in [0, 0.1) is 5.92 Å². The van der Waals surface area contributed by atoms with Crippen molar-refractivity contribution in [3.8, 4) is 0 Å². The van der Waals surface area contributed by atoms with E-state index in [9.17, 15) is 9.90 Å². The van der Waals surface area contributed by atoms with E-state index in [4.69, 9.17) is 0 Å². The van der Waals surface area contributed by atoms with E-state index in [1.165, 1.54) is 0 Å². The summed E-state index contributed by atoms with van der Waals surface area (Å²) < 4.78 is 0. The van der Waals surface area contributed by atoms with Gasteiger partial charge in [-0.3, -0.25) is 10.1 Å². The first-order valence-electron chi connectivity index (χ1n) is 6.25. The summed E-state index contributed by atoms with van der Waals surface area (Å²) in [5.74, 6) is 0.407. The zero-order valence-electron chi connectivity index (χ0n) is 12.2. The van der Waals surface area contributed by atoms with Gasteiger partial charge in [0.25, 0.3) is 0 Å². The van der Waals surface area contributed by atoms with Crippen molar-refractivity contribution in [2.45, 2.75) is 65.6 Å². The van der Waals surface area contributed by atoms with Crippen LogP contribution in [0.4, 0.5) is 0 Å². The van der Waals surface area contributed by atoms with E-state index in [-0.39, 0.29) is 11.9 Å². The fraction of sp³-hybridized carbons (Fsp3) is 0.923. The SMILES string of the molecule is CC(C)CNC(=O)C(C)NC(C)(C)C(C)(C)O. The van der Waals surface area contributed by atoms with Gasteiger partial charge in [0.1, 0.15) is 0 Å². The molecule has 0 fully saturated rings. The fourth-order valence-corrected chi connectivity index (χ4v) is 1.24. The van der Waals surface area contributed by atoms with E-state index >= 15 is 0 Å². The maximum Gasteiger partial charge on any atom is 0.236 e. The van der Waals surface area contributed by atoms with Gasteiger partial charge in [0, 0.05) is 12.1 Å². The molecule has 0 aliphatic heterocycles. The van der Waals surface area contributed by atoms with Crippen molar-refractivity contribution in [1.29, 1.82) is 0 Å². The minimum absolute atomic E-state index is 0.0315. The summed E-state index contributed by atoms with van der Waals surface area (Å²) in [5.41, 5.74) is -1.42. The first-order chi connectivity index (χ1) is 7.47. The predicted octanol–water partition coefficient (Wildman–Crippen LogP) is 1.29. The Bertz CT molecular complexity index is 255. The summed E-state index contributed by atoms with van der Waals surface area (Å²) in [6.45, 7) is 13.8. The lowest BCUT2D eigenvalue weighted by molar-refractivity contribution is -0.124. The standard InChI is InChI=1S/C13H28N2O2/c1-9(2)8-14-11(16)10(3)15-12(4,5)13(6,7)17/h9-10,15,17H,8H2,1-7H3,(H,14,16). The number of nitrogens with one attached hydrogen (secondary N) is 2. The number of aliphatic hydroxyl groups is 1. The number of hydrogen-bond acceptors (Lipinski definition) is 3. The van der Waals surface area contributed by atoms with Crippen molar-refractivity contribution >= 4 is 5.91 Å². The molecule has 3 N–H and O–H groups in total. The highest BCUT2D eigenvalue weighted by Gasteiger charge is 2.36. The van der Waals surface area contributed by atoms with Crippen LogP contribution in [0.15, 0.2) is 0 Å². The fourth-order valence-electron chi connectivity index (χ4n) is 1.24. The summed E-state index contributed by atoms with van der Waals surface area (Å²) >= 11 is 0. The Labute approximate surface area is 105 Å². The van der Waals surface area contributed by atoms with Crippen LogP contribution in [0.1, 0.15) is 48.5 Å². The molecule has 17 heavy (non-hydrogen) atoms. The van der Waals surface area contributed by atoms with E-state index in [1.54, 1.807) is 13.8 Å². The molecule has 4 nitrogen and oxygen atoms in total. The monoisotopic (exact) mass is 244 g/mol. The molecule has 0 bridgehead atoms. The van der Waals surface area contributed by atoms with Crippen LogP contribution in [0.5, 0.6) is 0 Å². The van der Waals surface area contributed by atoms with Gasteiger partial charge in [-0.15, -0.1) is 0 Å². The van der Waals surface area contributed by atoms with Gasteiger partial charge in [-0.25, -0.2) is 0 Å². The normalized spacial score (nSPS) is 14.9. The molecule has 0 aliphatic rings. The van der Waals surface area contributed by atoms with Gasteiger partial charge in [-0.1, -0.05) is 13.8 Å². The number of carbonyl (C=O) groups excluding carboxylic acids is 1. The highest BCUT2D eigenvalue weighted by atomic mass is 16.3. The molecule has 1 unspecified atom stereocenters. The predicted molar refractivity (Wildman–Crippen MR) is 70.8 cm³/mol. The molecule has 0 aliphatic carbocycles. The Morgan fingerprint density at radius 3 is 2.00 bits per heavy atom. The second-order valence-electron chi connectivity index (χ2n) is 6.19. The van der Waals surface area contributed by atoms with Crippen LogP contribution in [0.3, 0.4) is 0 Å². The van der Waals surface area contributed by atoms with E-state index in [2.05, 4.69) is 24.5 Å². The molecule has 0 aromatic heterocycles. The Balaban J connectivity index is 4.34. The summed E-state index contributed by atoms with van der Waals surface area (Å²) in [6.07, 6.45) is 0. The zero-order chi connectivity index (χ0) is 13.9. The third kappa shape index (κ3) is 5.50. The molecule has 0 radical (unpaired) electrons. The summed E-state index contributed by atoms with van der Waals surface area (Å²) in [7, 11) is 0. The number of rotatable bonds is 6. The van der Waals surface area contributed by atoms with Gasteiger partial charge in [0.15, 0.2) is 0 Å².